The summed E-state index contributed by atoms with van der Waals surface area (Å²) in [7, 11) is -1.46. The molecule has 0 unspecified atom stereocenters. The lowest BCUT2D eigenvalue weighted by Crippen LogP contribution is -2.29. The summed E-state index contributed by atoms with van der Waals surface area (Å²) in [5, 5.41) is 17.2. The highest BCUT2D eigenvalue weighted by molar-refractivity contribution is 6.58. The zero-order chi connectivity index (χ0) is 7.56. The molecule has 4 N–H and O–H groups in total. The molecule has 0 aliphatic rings. The minimum absolute atomic E-state index is 0. The Morgan fingerprint density at radius 1 is 1.36 bits per heavy atom. The highest BCUT2D eigenvalue weighted by Gasteiger charge is 2.09. The molecule has 0 spiro atoms. The molecule has 0 radical (unpaired) electrons. The smallest absolute Gasteiger partial charge is 0.423 e. The standard InChI is InChI=1S/C5H7BN2O2.CH4/c7-5-2-1-4(3-8-5)6(9)10;/h1-3,9-10H,(H2,7,8);1H4. The van der Waals surface area contributed by atoms with Crippen molar-refractivity contribution < 1.29 is 10.0 Å². The van der Waals surface area contributed by atoms with Crippen molar-refractivity contribution in [3.05, 3.63) is 18.3 Å². The number of nitrogens with zero attached hydrogens (tertiary/aromatic N) is 1. The second-order valence-electron chi connectivity index (χ2n) is 1.89. The number of hydrogen-bond donors (Lipinski definition) is 3. The van der Waals surface area contributed by atoms with Crippen molar-refractivity contribution >= 4 is 18.4 Å². The summed E-state index contributed by atoms with van der Waals surface area (Å²) < 4.78 is 0. The topological polar surface area (TPSA) is 79.4 Å². The third-order valence-electron chi connectivity index (χ3n) is 1.11. The first-order valence-corrected chi connectivity index (χ1v) is 2.77. The van der Waals surface area contributed by atoms with Gasteiger partial charge in [-0.15, -0.1) is 0 Å². The van der Waals surface area contributed by atoms with Crippen molar-refractivity contribution in [2.45, 2.75) is 7.43 Å². The normalized spacial score (nSPS) is 8.55. The molecule has 0 aromatic carbocycles. The van der Waals surface area contributed by atoms with Crippen LogP contribution in [0.5, 0.6) is 0 Å². The van der Waals surface area contributed by atoms with E-state index in [9.17, 15) is 0 Å². The fourth-order valence-corrected chi connectivity index (χ4v) is 0.569. The maximum atomic E-state index is 8.59. The third kappa shape index (κ3) is 2.57. The molecule has 1 heterocycles. The van der Waals surface area contributed by atoms with Crippen LogP contribution in [-0.4, -0.2) is 22.2 Å². The van der Waals surface area contributed by atoms with Gasteiger partial charge in [0.2, 0.25) is 0 Å². The Bertz CT molecular complexity index is 212. The Labute approximate surface area is 65.8 Å². The number of pyridine rings is 1. The molecule has 0 amide bonds. The zero-order valence-electron chi connectivity index (χ0n) is 5.23. The van der Waals surface area contributed by atoms with Gasteiger partial charge >= 0.3 is 7.12 Å². The predicted molar refractivity (Wildman–Crippen MR) is 45.2 cm³/mol. The quantitative estimate of drug-likeness (QED) is 0.452. The van der Waals surface area contributed by atoms with Crippen molar-refractivity contribution in [1.29, 1.82) is 0 Å². The summed E-state index contributed by atoms with van der Waals surface area (Å²) >= 11 is 0. The van der Waals surface area contributed by atoms with Crippen molar-refractivity contribution in [1.82, 2.24) is 4.98 Å². The molecule has 0 atom stereocenters. The summed E-state index contributed by atoms with van der Waals surface area (Å²) in [5.41, 5.74) is 5.59. The van der Waals surface area contributed by atoms with Crippen LogP contribution in [0.25, 0.3) is 0 Å². The molecule has 1 aromatic heterocycles. The second-order valence-corrected chi connectivity index (χ2v) is 1.89. The van der Waals surface area contributed by atoms with E-state index < -0.39 is 7.12 Å². The Morgan fingerprint density at radius 2 is 2.00 bits per heavy atom. The maximum Gasteiger partial charge on any atom is 0.490 e. The van der Waals surface area contributed by atoms with Gasteiger partial charge in [0.25, 0.3) is 0 Å². The van der Waals surface area contributed by atoms with Crippen LogP contribution < -0.4 is 11.2 Å². The summed E-state index contributed by atoms with van der Waals surface area (Å²) in [4.78, 5) is 3.66. The van der Waals surface area contributed by atoms with Crippen molar-refractivity contribution in [2.24, 2.45) is 0 Å². The van der Waals surface area contributed by atoms with E-state index >= 15 is 0 Å². The lowest BCUT2D eigenvalue weighted by atomic mass is 9.82. The molecule has 60 valence electrons. The van der Waals surface area contributed by atoms with E-state index in [0.29, 0.717) is 11.3 Å². The average Bonchev–Trinajstić information content (AvgIpc) is 1.88. The second kappa shape index (κ2) is 3.95. The SMILES string of the molecule is C.Nc1ccc(B(O)O)cn1. The molecule has 0 bridgehead atoms. The monoisotopic (exact) mass is 154 g/mol. The van der Waals surface area contributed by atoms with Crippen molar-refractivity contribution in [2.75, 3.05) is 5.73 Å². The molecule has 0 aliphatic heterocycles. The van der Waals surface area contributed by atoms with Gasteiger partial charge in [0.15, 0.2) is 0 Å². The molecule has 11 heavy (non-hydrogen) atoms. The van der Waals surface area contributed by atoms with E-state index in [4.69, 9.17) is 15.8 Å². The van der Waals surface area contributed by atoms with Crippen molar-refractivity contribution in [3.8, 4) is 0 Å². The first-order chi connectivity index (χ1) is 4.70. The molecule has 1 rings (SSSR count). The fourth-order valence-electron chi connectivity index (χ4n) is 0.569. The van der Waals surface area contributed by atoms with Crippen LogP contribution in [0.2, 0.25) is 0 Å². The minimum Gasteiger partial charge on any atom is -0.423 e. The number of hydrogen-bond acceptors (Lipinski definition) is 4. The van der Waals surface area contributed by atoms with Gasteiger partial charge in [0.05, 0.1) is 0 Å². The van der Waals surface area contributed by atoms with Crippen LogP contribution >= 0.6 is 0 Å². The van der Waals surface area contributed by atoms with Gasteiger partial charge in [-0.05, 0) is 6.07 Å². The van der Waals surface area contributed by atoms with E-state index in [1.54, 1.807) is 0 Å². The van der Waals surface area contributed by atoms with Gasteiger partial charge in [-0.2, -0.15) is 0 Å². The van der Waals surface area contributed by atoms with Gasteiger partial charge in [-0.25, -0.2) is 4.98 Å². The van der Waals surface area contributed by atoms with E-state index in [2.05, 4.69) is 4.98 Å². The van der Waals surface area contributed by atoms with Crippen molar-refractivity contribution in [3.63, 3.8) is 0 Å². The number of nitrogens with two attached hydrogens (primary N) is 1. The lowest BCUT2D eigenvalue weighted by Gasteiger charge is -1.96. The highest BCUT2D eigenvalue weighted by Crippen LogP contribution is 1.89. The average molecular weight is 154 g/mol. The van der Waals surface area contributed by atoms with Gasteiger partial charge < -0.3 is 15.8 Å². The summed E-state index contributed by atoms with van der Waals surface area (Å²) in [6.07, 6.45) is 1.32. The van der Waals surface area contributed by atoms with Gasteiger partial charge in [0, 0.05) is 11.7 Å². The summed E-state index contributed by atoms with van der Waals surface area (Å²) in [6, 6.07) is 3.02. The molecule has 5 heteroatoms. The molecule has 0 aliphatic carbocycles. The predicted octanol–water partition coefficient (Wildman–Crippen LogP) is -1.02. The van der Waals surface area contributed by atoms with Gasteiger partial charge in [0.1, 0.15) is 5.82 Å². The maximum absolute atomic E-state index is 8.59. The number of anilines is 1. The molecular weight excluding hydrogens is 143 g/mol. The van der Waals surface area contributed by atoms with Crippen LogP contribution in [0.15, 0.2) is 18.3 Å². The van der Waals surface area contributed by atoms with E-state index in [0.717, 1.165) is 0 Å². The van der Waals surface area contributed by atoms with Gasteiger partial charge in [-0.1, -0.05) is 13.5 Å². The first-order valence-electron chi connectivity index (χ1n) is 2.77. The Balaban J connectivity index is 0.000001000. The van der Waals surface area contributed by atoms with Crippen LogP contribution in [0.4, 0.5) is 5.82 Å². The Kier molecular flexibility index (Phi) is 3.57. The van der Waals surface area contributed by atoms with E-state index in [1.165, 1.54) is 18.3 Å². The number of aromatic nitrogens is 1. The molecule has 0 saturated heterocycles. The lowest BCUT2D eigenvalue weighted by molar-refractivity contribution is 0.425. The van der Waals surface area contributed by atoms with Gasteiger partial charge in [-0.3, -0.25) is 0 Å². The molecule has 4 nitrogen and oxygen atoms in total. The summed E-state index contributed by atoms with van der Waals surface area (Å²) in [6.45, 7) is 0. The summed E-state index contributed by atoms with van der Waals surface area (Å²) in [5.74, 6) is 0.365. The van der Waals surface area contributed by atoms with E-state index in [-0.39, 0.29) is 7.43 Å². The van der Waals surface area contributed by atoms with Crippen LogP contribution in [0.1, 0.15) is 7.43 Å². The molecule has 0 saturated carbocycles. The third-order valence-corrected chi connectivity index (χ3v) is 1.11. The van der Waals surface area contributed by atoms with Crippen LogP contribution in [-0.2, 0) is 0 Å². The highest BCUT2D eigenvalue weighted by atomic mass is 16.4. The molecular formula is C6H11BN2O2. The molecule has 0 fully saturated rings. The minimum atomic E-state index is -1.46. The number of rotatable bonds is 1. The van der Waals surface area contributed by atoms with Crippen LogP contribution in [0, 0.1) is 0 Å². The Hall–Kier alpha value is -1.07. The zero-order valence-corrected chi connectivity index (χ0v) is 5.23. The Morgan fingerprint density at radius 3 is 2.36 bits per heavy atom. The van der Waals surface area contributed by atoms with Crippen LogP contribution in [0.3, 0.4) is 0 Å². The largest absolute Gasteiger partial charge is 0.490 e. The fraction of sp³-hybridized carbons (Fsp3) is 0.167. The molecule has 1 aromatic rings. The number of nitrogen functional groups attached to an aromatic ring is 1. The van der Waals surface area contributed by atoms with E-state index in [1.807, 2.05) is 0 Å². The first kappa shape index (κ1) is 9.93.